The summed E-state index contributed by atoms with van der Waals surface area (Å²) in [5.74, 6) is 2.06. The number of rotatable bonds is 3. The van der Waals surface area contributed by atoms with E-state index < -0.39 is 0 Å². The normalized spacial score (nSPS) is 30.7. The second-order valence-electron chi connectivity index (χ2n) is 6.96. The lowest BCUT2D eigenvalue weighted by Gasteiger charge is -2.41. The monoisotopic (exact) mass is 309 g/mol. The highest BCUT2D eigenvalue weighted by molar-refractivity contribution is 6.31. The van der Waals surface area contributed by atoms with Crippen LogP contribution >= 0.6 is 11.6 Å². The molecule has 0 spiro atoms. The predicted octanol–water partition coefficient (Wildman–Crippen LogP) is 4.96. The molecule has 0 heterocycles. The van der Waals surface area contributed by atoms with Gasteiger partial charge in [-0.3, -0.25) is 0 Å². The van der Waals surface area contributed by atoms with E-state index in [0.29, 0.717) is 12.3 Å². The third kappa shape index (κ3) is 3.43. The first kappa shape index (κ1) is 15.3. The van der Waals surface area contributed by atoms with Gasteiger partial charge in [-0.15, -0.1) is 0 Å². The Labute approximate surface area is 132 Å². The van der Waals surface area contributed by atoms with Crippen LogP contribution in [0.1, 0.15) is 50.5 Å². The van der Waals surface area contributed by atoms with Crippen LogP contribution in [0.2, 0.25) is 5.02 Å². The van der Waals surface area contributed by atoms with Gasteiger partial charge in [0.2, 0.25) is 0 Å². The fourth-order valence-corrected chi connectivity index (χ4v) is 4.63. The number of benzene rings is 1. The van der Waals surface area contributed by atoms with Gasteiger partial charge in [0.05, 0.1) is 5.02 Å². The molecule has 116 valence electrons. The first-order valence-electron chi connectivity index (χ1n) is 8.33. The number of hydrogen-bond acceptors (Lipinski definition) is 1. The number of hydrogen-bond donors (Lipinski definition) is 1. The van der Waals surface area contributed by atoms with Gasteiger partial charge >= 0.3 is 0 Å². The lowest BCUT2D eigenvalue weighted by molar-refractivity contribution is 0.117. The smallest absolute Gasteiger partial charge is 0.142 e. The molecule has 2 aliphatic carbocycles. The van der Waals surface area contributed by atoms with Crippen molar-refractivity contribution in [3.63, 3.8) is 0 Å². The van der Waals surface area contributed by atoms with E-state index in [2.05, 4.69) is 0 Å². The fraction of sp³-hybridized carbons (Fsp3) is 0.667. The van der Waals surface area contributed by atoms with Crippen LogP contribution in [-0.4, -0.2) is 6.04 Å². The number of halogens is 2. The Morgan fingerprint density at radius 3 is 2.71 bits per heavy atom. The van der Waals surface area contributed by atoms with Gasteiger partial charge in [-0.05, 0) is 55.1 Å². The lowest BCUT2D eigenvalue weighted by atomic mass is 9.66. The molecule has 2 saturated carbocycles. The molecule has 0 bridgehead atoms. The maximum Gasteiger partial charge on any atom is 0.142 e. The van der Waals surface area contributed by atoms with Crippen molar-refractivity contribution in [3.05, 3.63) is 34.6 Å². The molecule has 2 fully saturated rings. The Morgan fingerprint density at radius 2 is 1.90 bits per heavy atom. The van der Waals surface area contributed by atoms with Crippen LogP contribution in [0.25, 0.3) is 0 Å². The molecule has 1 nitrogen and oxygen atoms in total. The molecule has 4 unspecified atom stereocenters. The van der Waals surface area contributed by atoms with Crippen LogP contribution < -0.4 is 5.73 Å². The third-order valence-corrected chi connectivity index (χ3v) is 6.10. The summed E-state index contributed by atoms with van der Waals surface area (Å²) in [7, 11) is 0. The van der Waals surface area contributed by atoms with E-state index in [1.165, 1.54) is 51.0 Å². The summed E-state index contributed by atoms with van der Waals surface area (Å²) in [6, 6.07) is 5.14. The van der Waals surface area contributed by atoms with E-state index in [0.717, 1.165) is 17.4 Å². The van der Waals surface area contributed by atoms with Crippen LogP contribution in [0, 0.1) is 23.6 Å². The summed E-state index contributed by atoms with van der Waals surface area (Å²) in [6.07, 6.45) is 10.1. The van der Waals surface area contributed by atoms with Gasteiger partial charge in [-0.2, -0.15) is 0 Å². The van der Waals surface area contributed by atoms with Gasteiger partial charge in [0, 0.05) is 6.04 Å². The molecule has 2 aliphatic rings. The van der Waals surface area contributed by atoms with Crippen molar-refractivity contribution >= 4 is 11.6 Å². The van der Waals surface area contributed by atoms with Crippen LogP contribution in [0.4, 0.5) is 4.39 Å². The average Bonchev–Trinajstić information content (AvgIpc) is 2.51. The molecule has 2 N–H and O–H groups in total. The van der Waals surface area contributed by atoms with E-state index in [4.69, 9.17) is 17.3 Å². The number of nitrogens with two attached hydrogens (primary N) is 1. The summed E-state index contributed by atoms with van der Waals surface area (Å²) < 4.78 is 13.5. The van der Waals surface area contributed by atoms with Crippen LogP contribution in [0.5, 0.6) is 0 Å². The van der Waals surface area contributed by atoms with Gasteiger partial charge in [0.25, 0.3) is 0 Å². The Kier molecular flexibility index (Phi) is 4.85. The Hall–Kier alpha value is -0.600. The second kappa shape index (κ2) is 6.66. The molecule has 4 atom stereocenters. The summed E-state index contributed by atoms with van der Waals surface area (Å²) >= 11 is 6.06. The first-order chi connectivity index (χ1) is 10.1. The van der Waals surface area contributed by atoms with E-state index in [1.54, 1.807) is 6.07 Å². The van der Waals surface area contributed by atoms with E-state index in [1.807, 2.05) is 6.07 Å². The summed E-state index contributed by atoms with van der Waals surface area (Å²) in [6.45, 7) is 0. The minimum atomic E-state index is -0.336. The van der Waals surface area contributed by atoms with Crippen molar-refractivity contribution in [2.75, 3.05) is 0 Å². The molecular weight excluding hydrogens is 285 g/mol. The molecule has 0 aromatic heterocycles. The maximum absolute atomic E-state index is 13.5. The Balaban J connectivity index is 1.63. The molecule has 0 aliphatic heterocycles. The molecule has 3 rings (SSSR count). The van der Waals surface area contributed by atoms with Crippen molar-refractivity contribution in [1.29, 1.82) is 0 Å². The zero-order valence-corrected chi connectivity index (χ0v) is 13.3. The van der Waals surface area contributed by atoms with Gasteiger partial charge in [0.15, 0.2) is 0 Å². The van der Waals surface area contributed by atoms with Crippen LogP contribution in [-0.2, 0) is 6.42 Å². The van der Waals surface area contributed by atoms with Gasteiger partial charge in [-0.25, -0.2) is 4.39 Å². The van der Waals surface area contributed by atoms with Crippen molar-refractivity contribution in [2.45, 2.75) is 57.4 Å². The summed E-state index contributed by atoms with van der Waals surface area (Å²) in [4.78, 5) is 0. The molecule has 21 heavy (non-hydrogen) atoms. The van der Waals surface area contributed by atoms with Crippen LogP contribution in [0.15, 0.2) is 18.2 Å². The quantitative estimate of drug-likeness (QED) is 0.839. The average molecular weight is 310 g/mol. The van der Waals surface area contributed by atoms with Gasteiger partial charge < -0.3 is 5.73 Å². The zero-order chi connectivity index (χ0) is 14.8. The molecular formula is C18H25ClFN. The van der Waals surface area contributed by atoms with Crippen molar-refractivity contribution < 1.29 is 4.39 Å². The van der Waals surface area contributed by atoms with Crippen molar-refractivity contribution in [3.8, 4) is 0 Å². The standard InChI is InChI=1S/C18H25ClFN/c19-18-15(6-3-7-16(18)20)11-17(21)14-9-8-12-4-1-2-5-13(12)10-14/h3,6-7,12-14,17H,1-2,4-5,8-11,21H2. The topological polar surface area (TPSA) is 26.0 Å². The highest BCUT2D eigenvalue weighted by Crippen LogP contribution is 2.43. The molecule has 3 heteroatoms. The Bertz CT molecular complexity index is 490. The Morgan fingerprint density at radius 1 is 1.14 bits per heavy atom. The predicted molar refractivity (Wildman–Crippen MR) is 85.9 cm³/mol. The number of fused-ring (bicyclic) bond motifs is 1. The lowest BCUT2D eigenvalue weighted by Crippen LogP contribution is -2.39. The zero-order valence-electron chi connectivity index (χ0n) is 12.5. The van der Waals surface area contributed by atoms with Gasteiger partial charge in [-0.1, -0.05) is 49.4 Å². The molecule has 0 radical (unpaired) electrons. The summed E-state index contributed by atoms with van der Waals surface area (Å²) in [5, 5.41) is 0.249. The SMILES string of the molecule is NC(Cc1cccc(F)c1Cl)C1CCC2CCCCC2C1. The minimum Gasteiger partial charge on any atom is -0.327 e. The van der Waals surface area contributed by atoms with Gasteiger partial charge in [0.1, 0.15) is 5.82 Å². The molecule has 1 aromatic carbocycles. The first-order valence-corrected chi connectivity index (χ1v) is 8.71. The largest absolute Gasteiger partial charge is 0.327 e. The molecule has 0 saturated heterocycles. The van der Waals surface area contributed by atoms with E-state index in [-0.39, 0.29) is 16.9 Å². The second-order valence-corrected chi connectivity index (χ2v) is 7.34. The minimum absolute atomic E-state index is 0.104. The van der Waals surface area contributed by atoms with Crippen molar-refractivity contribution in [2.24, 2.45) is 23.5 Å². The fourth-order valence-electron chi connectivity index (χ4n) is 4.43. The van der Waals surface area contributed by atoms with Crippen molar-refractivity contribution in [1.82, 2.24) is 0 Å². The molecule has 0 amide bonds. The molecule has 1 aromatic rings. The van der Waals surface area contributed by atoms with Crippen LogP contribution in [0.3, 0.4) is 0 Å². The summed E-state index contributed by atoms with van der Waals surface area (Å²) in [5.41, 5.74) is 7.30. The third-order valence-electron chi connectivity index (χ3n) is 5.67. The highest BCUT2D eigenvalue weighted by Gasteiger charge is 2.34. The maximum atomic E-state index is 13.5. The van der Waals surface area contributed by atoms with E-state index in [9.17, 15) is 4.39 Å². The highest BCUT2D eigenvalue weighted by atomic mass is 35.5. The van der Waals surface area contributed by atoms with E-state index >= 15 is 0 Å².